The molecule has 0 atom stereocenters. The van der Waals surface area contributed by atoms with Crippen LogP contribution in [0.15, 0.2) is 18.6 Å². The summed E-state index contributed by atoms with van der Waals surface area (Å²) in [5.74, 6) is 0. The van der Waals surface area contributed by atoms with Crippen LogP contribution in [0.1, 0.15) is 37.9 Å². The Balaban J connectivity index is 1.83. The maximum absolute atomic E-state index is 4.19. The smallest absolute Gasteiger partial charge is 0.0953 e. The molecule has 1 aromatic rings. The second-order valence-electron chi connectivity index (χ2n) is 4.06. The molecular formula is C12H19N3. The first kappa shape index (κ1) is 10.4. The van der Waals surface area contributed by atoms with Crippen molar-refractivity contribution >= 4 is 6.08 Å². The number of aromatic nitrogens is 2. The highest BCUT2D eigenvalue weighted by atomic mass is 15.1. The van der Waals surface area contributed by atoms with Crippen LogP contribution in [0, 0.1) is 0 Å². The van der Waals surface area contributed by atoms with Crippen LogP contribution in [0.5, 0.6) is 0 Å². The molecule has 82 valence electrons. The molecule has 0 radical (unpaired) electrons. The van der Waals surface area contributed by atoms with Crippen molar-refractivity contribution in [2.45, 2.75) is 32.2 Å². The number of imidazole rings is 1. The molecule has 1 aliphatic rings. The first-order valence-electron chi connectivity index (χ1n) is 5.81. The highest BCUT2D eigenvalue weighted by Gasteiger charge is 2.24. The summed E-state index contributed by atoms with van der Waals surface area (Å²) in [6.07, 6.45) is 12.0. The van der Waals surface area contributed by atoms with Gasteiger partial charge in [0.15, 0.2) is 0 Å². The Bertz CT molecular complexity index is 323. The summed E-state index contributed by atoms with van der Waals surface area (Å²) in [7, 11) is 0. The summed E-state index contributed by atoms with van der Waals surface area (Å²) in [6, 6.07) is 0.718. The molecule has 1 fully saturated rings. The van der Waals surface area contributed by atoms with Gasteiger partial charge in [-0.2, -0.15) is 0 Å². The molecule has 0 saturated heterocycles. The van der Waals surface area contributed by atoms with Gasteiger partial charge < -0.3 is 9.88 Å². The molecule has 0 spiro atoms. The van der Waals surface area contributed by atoms with Gasteiger partial charge in [0.05, 0.1) is 18.2 Å². The zero-order valence-corrected chi connectivity index (χ0v) is 9.32. The van der Waals surface area contributed by atoms with E-state index < -0.39 is 0 Å². The van der Waals surface area contributed by atoms with Crippen molar-refractivity contribution in [2.24, 2.45) is 0 Å². The molecule has 0 aliphatic heterocycles. The van der Waals surface area contributed by atoms with Crippen LogP contribution >= 0.6 is 0 Å². The Morgan fingerprint density at radius 1 is 1.60 bits per heavy atom. The third kappa shape index (κ3) is 2.93. The maximum atomic E-state index is 4.19. The molecule has 3 nitrogen and oxygen atoms in total. The molecule has 3 heteroatoms. The van der Waals surface area contributed by atoms with E-state index in [1.165, 1.54) is 25.0 Å². The Labute approximate surface area is 91.2 Å². The maximum Gasteiger partial charge on any atom is 0.0953 e. The molecule has 1 aliphatic carbocycles. The van der Waals surface area contributed by atoms with Crippen LogP contribution in [-0.2, 0) is 0 Å². The van der Waals surface area contributed by atoms with Crippen LogP contribution < -0.4 is 5.32 Å². The molecule has 0 aromatic carbocycles. The standard InChI is InChI=1S/C12H19N3/c1-2-7-13-8-3-4-12-9-14-10-15(12)11-5-6-11/h3-4,9-11,13H,2,5-8H2,1H3. The molecular weight excluding hydrogens is 186 g/mol. The fraction of sp³-hybridized carbons (Fsp3) is 0.583. The number of nitrogens with one attached hydrogen (secondary N) is 1. The first-order valence-corrected chi connectivity index (χ1v) is 5.81. The van der Waals surface area contributed by atoms with E-state index in [0.29, 0.717) is 0 Å². The lowest BCUT2D eigenvalue weighted by Gasteiger charge is -2.01. The lowest BCUT2D eigenvalue weighted by molar-refractivity contribution is 0.725. The zero-order valence-electron chi connectivity index (χ0n) is 9.32. The summed E-state index contributed by atoms with van der Waals surface area (Å²) in [4.78, 5) is 4.19. The van der Waals surface area contributed by atoms with Gasteiger partial charge >= 0.3 is 0 Å². The van der Waals surface area contributed by atoms with E-state index in [-0.39, 0.29) is 0 Å². The quantitative estimate of drug-likeness (QED) is 0.722. The Kier molecular flexibility index (Phi) is 3.56. The van der Waals surface area contributed by atoms with Gasteiger partial charge in [-0.3, -0.25) is 0 Å². The van der Waals surface area contributed by atoms with E-state index in [4.69, 9.17) is 0 Å². The van der Waals surface area contributed by atoms with E-state index in [1.807, 2.05) is 12.5 Å². The van der Waals surface area contributed by atoms with Crippen LogP contribution in [0.25, 0.3) is 6.08 Å². The molecule has 2 rings (SSSR count). The minimum absolute atomic E-state index is 0.718. The van der Waals surface area contributed by atoms with E-state index >= 15 is 0 Å². The number of hydrogen-bond acceptors (Lipinski definition) is 2. The van der Waals surface area contributed by atoms with Crippen LogP contribution in [0.4, 0.5) is 0 Å². The average molecular weight is 205 g/mol. The van der Waals surface area contributed by atoms with E-state index in [2.05, 4.69) is 33.9 Å². The van der Waals surface area contributed by atoms with E-state index in [1.54, 1.807) is 0 Å². The molecule has 1 heterocycles. The second kappa shape index (κ2) is 5.12. The van der Waals surface area contributed by atoms with Crippen molar-refractivity contribution in [2.75, 3.05) is 13.1 Å². The molecule has 0 bridgehead atoms. The zero-order chi connectivity index (χ0) is 10.5. The fourth-order valence-electron chi connectivity index (χ4n) is 1.64. The fourth-order valence-corrected chi connectivity index (χ4v) is 1.64. The normalized spacial score (nSPS) is 16.3. The number of nitrogens with zero attached hydrogens (tertiary/aromatic N) is 2. The average Bonchev–Trinajstić information content (AvgIpc) is 2.99. The van der Waals surface area contributed by atoms with Crippen molar-refractivity contribution in [3.05, 3.63) is 24.3 Å². The van der Waals surface area contributed by atoms with E-state index in [0.717, 1.165) is 19.1 Å². The van der Waals surface area contributed by atoms with Gasteiger partial charge in [-0.05, 0) is 31.9 Å². The Morgan fingerprint density at radius 2 is 2.47 bits per heavy atom. The third-order valence-corrected chi connectivity index (χ3v) is 2.61. The predicted octanol–water partition coefficient (Wildman–Crippen LogP) is 2.23. The number of rotatable bonds is 6. The van der Waals surface area contributed by atoms with Crippen molar-refractivity contribution in [3.8, 4) is 0 Å². The minimum Gasteiger partial charge on any atom is -0.328 e. The van der Waals surface area contributed by atoms with Gasteiger partial charge in [0.2, 0.25) is 0 Å². The molecule has 1 aromatic heterocycles. The number of hydrogen-bond donors (Lipinski definition) is 1. The summed E-state index contributed by atoms with van der Waals surface area (Å²) < 4.78 is 2.27. The molecule has 0 amide bonds. The molecule has 0 unspecified atom stereocenters. The van der Waals surface area contributed by atoms with Gasteiger partial charge in [0.25, 0.3) is 0 Å². The van der Waals surface area contributed by atoms with Gasteiger partial charge in [-0.1, -0.05) is 13.0 Å². The highest BCUT2D eigenvalue weighted by Crippen LogP contribution is 2.35. The third-order valence-electron chi connectivity index (χ3n) is 2.61. The van der Waals surface area contributed by atoms with Crippen LogP contribution in [0.3, 0.4) is 0 Å². The monoisotopic (exact) mass is 205 g/mol. The summed E-state index contributed by atoms with van der Waals surface area (Å²) in [5.41, 5.74) is 1.23. The summed E-state index contributed by atoms with van der Waals surface area (Å²) in [5, 5.41) is 3.35. The summed E-state index contributed by atoms with van der Waals surface area (Å²) in [6.45, 7) is 4.22. The topological polar surface area (TPSA) is 29.9 Å². The summed E-state index contributed by atoms with van der Waals surface area (Å²) >= 11 is 0. The lowest BCUT2D eigenvalue weighted by atomic mass is 10.3. The largest absolute Gasteiger partial charge is 0.328 e. The SMILES string of the molecule is CCCNCC=Cc1cncn1C1CC1. The van der Waals surface area contributed by atoms with Gasteiger partial charge in [-0.15, -0.1) is 0 Å². The minimum atomic E-state index is 0.718. The van der Waals surface area contributed by atoms with Crippen LogP contribution in [0.2, 0.25) is 0 Å². The Hall–Kier alpha value is -1.09. The Morgan fingerprint density at radius 3 is 3.20 bits per heavy atom. The van der Waals surface area contributed by atoms with Crippen LogP contribution in [-0.4, -0.2) is 22.6 Å². The molecule has 1 saturated carbocycles. The highest BCUT2D eigenvalue weighted by molar-refractivity contribution is 5.44. The first-order chi connectivity index (χ1) is 7.42. The van der Waals surface area contributed by atoms with Gasteiger partial charge in [0, 0.05) is 12.6 Å². The van der Waals surface area contributed by atoms with Crippen molar-refractivity contribution in [1.82, 2.24) is 14.9 Å². The molecule has 15 heavy (non-hydrogen) atoms. The van der Waals surface area contributed by atoms with Crippen molar-refractivity contribution in [3.63, 3.8) is 0 Å². The second-order valence-corrected chi connectivity index (χ2v) is 4.06. The van der Waals surface area contributed by atoms with Gasteiger partial charge in [-0.25, -0.2) is 4.98 Å². The molecule has 1 N–H and O–H groups in total. The van der Waals surface area contributed by atoms with Gasteiger partial charge in [0.1, 0.15) is 0 Å². The van der Waals surface area contributed by atoms with Crippen molar-refractivity contribution in [1.29, 1.82) is 0 Å². The van der Waals surface area contributed by atoms with E-state index in [9.17, 15) is 0 Å². The lowest BCUT2D eigenvalue weighted by Crippen LogP contribution is -2.13. The van der Waals surface area contributed by atoms with Crippen molar-refractivity contribution < 1.29 is 0 Å². The predicted molar refractivity (Wildman–Crippen MR) is 62.7 cm³/mol.